The number of aromatic nitrogens is 1. The number of pyridine rings is 1. The van der Waals surface area contributed by atoms with E-state index < -0.39 is 18.4 Å². The molecule has 1 heterocycles. The van der Waals surface area contributed by atoms with Crippen LogP contribution in [0.4, 0.5) is 4.39 Å². The average molecular weight is 446 g/mol. The molecule has 3 rings (SSSR count). The normalized spacial score (nSPS) is 10.7. The standard InChI is InChI=1S/C21H17BrFNO4/c1-12-15(16(22)10-18(20(12)23)28-11-19(26)27)9-14-7-8-17(25)21(24-14)13-5-3-2-4-6-13/h2-8,10,25H,9,11H2,1H3,(H,26,27). The molecule has 0 bridgehead atoms. The molecule has 0 aliphatic rings. The van der Waals surface area contributed by atoms with Crippen LogP contribution in [-0.2, 0) is 11.2 Å². The largest absolute Gasteiger partial charge is 0.506 e. The Morgan fingerprint density at radius 1 is 1.21 bits per heavy atom. The van der Waals surface area contributed by atoms with Crippen LogP contribution in [0.5, 0.6) is 11.5 Å². The van der Waals surface area contributed by atoms with Crippen LogP contribution in [0.2, 0.25) is 0 Å². The second-order valence-corrected chi connectivity index (χ2v) is 7.02. The smallest absolute Gasteiger partial charge is 0.341 e. The number of hydrogen-bond acceptors (Lipinski definition) is 4. The third-order valence-corrected chi connectivity index (χ3v) is 4.94. The van der Waals surface area contributed by atoms with Crippen molar-refractivity contribution in [3.05, 3.63) is 75.6 Å². The molecule has 0 atom stereocenters. The molecule has 0 aliphatic carbocycles. The maximum absolute atomic E-state index is 14.6. The molecule has 0 amide bonds. The molecule has 28 heavy (non-hydrogen) atoms. The molecular weight excluding hydrogens is 429 g/mol. The third kappa shape index (κ3) is 4.31. The van der Waals surface area contributed by atoms with E-state index in [1.807, 2.05) is 30.3 Å². The summed E-state index contributed by atoms with van der Waals surface area (Å²) in [6.07, 6.45) is 0.322. The first-order chi connectivity index (χ1) is 13.4. The zero-order chi connectivity index (χ0) is 20.3. The topological polar surface area (TPSA) is 79.7 Å². The van der Waals surface area contributed by atoms with E-state index in [2.05, 4.69) is 20.9 Å². The molecule has 1 aromatic heterocycles. The molecule has 0 saturated carbocycles. The van der Waals surface area contributed by atoms with Gasteiger partial charge in [0.1, 0.15) is 11.4 Å². The van der Waals surface area contributed by atoms with Gasteiger partial charge in [-0.3, -0.25) is 0 Å². The van der Waals surface area contributed by atoms with Crippen LogP contribution in [0.1, 0.15) is 16.8 Å². The maximum Gasteiger partial charge on any atom is 0.341 e. The molecule has 2 aromatic carbocycles. The Hall–Kier alpha value is -2.93. The minimum atomic E-state index is -1.18. The van der Waals surface area contributed by atoms with Crippen molar-refractivity contribution in [1.82, 2.24) is 4.98 Å². The number of carbonyl (C=O) groups is 1. The quantitative estimate of drug-likeness (QED) is 0.573. The predicted octanol–water partition coefficient (Wildman–Crippen LogP) is 4.72. The lowest BCUT2D eigenvalue weighted by atomic mass is 10.0. The molecule has 0 aliphatic heterocycles. The Kier molecular flexibility index (Phi) is 5.94. The summed E-state index contributed by atoms with van der Waals surface area (Å²) in [6, 6.07) is 13.9. The van der Waals surface area contributed by atoms with Crippen molar-refractivity contribution in [1.29, 1.82) is 0 Å². The molecular formula is C21H17BrFNO4. The summed E-state index contributed by atoms with van der Waals surface area (Å²) < 4.78 is 20.2. The molecule has 3 aromatic rings. The summed E-state index contributed by atoms with van der Waals surface area (Å²) in [5, 5.41) is 18.9. The van der Waals surface area contributed by atoms with Gasteiger partial charge in [0.05, 0.1) is 0 Å². The van der Waals surface area contributed by atoms with Gasteiger partial charge in [-0.1, -0.05) is 46.3 Å². The second kappa shape index (κ2) is 8.39. The molecule has 5 nitrogen and oxygen atoms in total. The van der Waals surface area contributed by atoms with Gasteiger partial charge in [0, 0.05) is 22.2 Å². The number of aliphatic carboxylic acids is 1. The Labute approximate surface area is 169 Å². The number of aromatic hydroxyl groups is 1. The number of nitrogens with zero attached hydrogens (tertiary/aromatic N) is 1. The number of hydrogen-bond donors (Lipinski definition) is 2. The third-order valence-electron chi connectivity index (χ3n) is 4.23. The minimum absolute atomic E-state index is 0.0642. The molecule has 0 saturated heterocycles. The molecule has 144 valence electrons. The highest BCUT2D eigenvalue weighted by Gasteiger charge is 2.17. The molecule has 0 spiro atoms. The average Bonchev–Trinajstić information content (AvgIpc) is 2.68. The number of halogens is 2. The van der Waals surface area contributed by atoms with Crippen molar-refractivity contribution >= 4 is 21.9 Å². The molecule has 2 N–H and O–H groups in total. The lowest BCUT2D eigenvalue weighted by molar-refractivity contribution is -0.139. The first kappa shape index (κ1) is 19.8. The molecule has 0 unspecified atom stereocenters. The van der Waals surface area contributed by atoms with E-state index in [-0.39, 0.29) is 11.5 Å². The highest BCUT2D eigenvalue weighted by atomic mass is 79.9. The van der Waals surface area contributed by atoms with Crippen LogP contribution in [-0.4, -0.2) is 27.8 Å². The van der Waals surface area contributed by atoms with Gasteiger partial charge in [-0.2, -0.15) is 0 Å². The van der Waals surface area contributed by atoms with Crippen molar-refractivity contribution in [3.63, 3.8) is 0 Å². The van der Waals surface area contributed by atoms with E-state index in [0.717, 1.165) is 5.56 Å². The molecule has 0 fully saturated rings. The summed E-state index contributed by atoms with van der Waals surface area (Å²) in [5.41, 5.74) is 2.89. The number of carboxylic acid groups (broad SMARTS) is 1. The summed E-state index contributed by atoms with van der Waals surface area (Å²) >= 11 is 3.40. The first-order valence-corrected chi connectivity index (χ1v) is 9.22. The van der Waals surface area contributed by atoms with Crippen molar-refractivity contribution in [2.24, 2.45) is 0 Å². The fourth-order valence-corrected chi connectivity index (χ4v) is 3.45. The van der Waals surface area contributed by atoms with Gasteiger partial charge >= 0.3 is 5.97 Å². The molecule has 0 radical (unpaired) electrons. The van der Waals surface area contributed by atoms with Crippen molar-refractivity contribution in [2.45, 2.75) is 13.3 Å². The predicted molar refractivity (Wildman–Crippen MR) is 106 cm³/mol. The Morgan fingerprint density at radius 2 is 1.93 bits per heavy atom. The highest BCUT2D eigenvalue weighted by Crippen LogP contribution is 2.33. The van der Waals surface area contributed by atoms with E-state index >= 15 is 0 Å². The van der Waals surface area contributed by atoms with Crippen LogP contribution in [0, 0.1) is 12.7 Å². The number of rotatable bonds is 6. The van der Waals surface area contributed by atoms with Crippen LogP contribution in [0.15, 0.2) is 53.0 Å². The lowest BCUT2D eigenvalue weighted by Crippen LogP contribution is -2.11. The van der Waals surface area contributed by atoms with Crippen LogP contribution >= 0.6 is 15.9 Å². The Bertz CT molecular complexity index is 1020. The van der Waals surface area contributed by atoms with Crippen LogP contribution in [0.3, 0.4) is 0 Å². The van der Waals surface area contributed by atoms with E-state index in [1.54, 1.807) is 19.1 Å². The van der Waals surface area contributed by atoms with E-state index in [0.29, 0.717) is 33.4 Å². The SMILES string of the molecule is Cc1c(F)c(OCC(=O)O)cc(Br)c1Cc1ccc(O)c(-c2ccccc2)n1. The summed E-state index contributed by atoms with van der Waals surface area (Å²) in [5.74, 6) is -1.85. The number of ether oxygens (including phenoxy) is 1. The lowest BCUT2D eigenvalue weighted by Gasteiger charge is -2.14. The molecule has 7 heteroatoms. The number of carboxylic acids is 1. The fourth-order valence-electron chi connectivity index (χ4n) is 2.80. The maximum atomic E-state index is 14.6. The van der Waals surface area contributed by atoms with E-state index in [9.17, 15) is 14.3 Å². The van der Waals surface area contributed by atoms with Gasteiger partial charge in [-0.05, 0) is 36.2 Å². The summed E-state index contributed by atoms with van der Waals surface area (Å²) in [7, 11) is 0. The Morgan fingerprint density at radius 3 is 2.61 bits per heavy atom. The van der Waals surface area contributed by atoms with E-state index in [1.165, 1.54) is 6.07 Å². The van der Waals surface area contributed by atoms with Gasteiger partial charge in [0.15, 0.2) is 18.2 Å². The summed E-state index contributed by atoms with van der Waals surface area (Å²) in [6.45, 7) is 0.976. The minimum Gasteiger partial charge on any atom is -0.506 e. The summed E-state index contributed by atoms with van der Waals surface area (Å²) in [4.78, 5) is 15.2. The van der Waals surface area contributed by atoms with Crippen molar-refractivity contribution in [3.8, 4) is 22.8 Å². The highest BCUT2D eigenvalue weighted by molar-refractivity contribution is 9.10. The zero-order valence-corrected chi connectivity index (χ0v) is 16.5. The number of benzene rings is 2. The fraction of sp³-hybridized carbons (Fsp3) is 0.143. The van der Waals surface area contributed by atoms with Crippen molar-refractivity contribution in [2.75, 3.05) is 6.61 Å². The van der Waals surface area contributed by atoms with Gasteiger partial charge < -0.3 is 14.9 Å². The van der Waals surface area contributed by atoms with Crippen LogP contribution in [0.25, 0.3) is 11.3 Å². The van der Waals surface area contributed by atoms with Gasteiger partial charge in [0.25, 0.3) is 0 Å². The van der Waals surface area contributed by atoms with Gasteiger partial charge in [-0.15, -0.1) is 0 Å². The monoisotopic (exact) mass is 445 g/mol. The van der Waals surface area contributed by atoms with Gasteiger partial charge in [0.2, 0.25) is 0 Å². The zero-order valence-electron chi connectivity index (χ0n) is 14.9. The first-order valence-electron chi connectivity index (χ1n) is 8.43. The Balaban J connectivity index is 1.94. The van der Waals surface area contributed by atoms with Gasteiger partial charge in [-0.25, -0.2) is 14.2 Å². The van der Waals surface area contributed by atoms with Crippen molar-refractivity contribution < 1.29 is 24.1 Å². The van der Waals surface area contributed by atoms with Crippen LogP contribution < -0.4 is 4.74 Å². The second-order valence-electron chi connectivity index (χ2n) is 6.17. The van der Waals surface area contributed by atoms with E-state index in [4.69, 9.17) is 9.84 Å².